The number of carbonyl (C=O) groups excluding carboxylic acids is 3. The maximum atomic E-state index is 12.6. The van der Waals surface area contributed by atoms with Gasteiger partial charge in [0.25, 0.3) is 11.8 Å². The van der Waals surface area contributed by atoms with Crippen LogP contribution in [0.25, 0.3) is 10.8 Å². The Labute approximate surface area is 234 Å². The van der Waals surface area contributed by atoms with Crippen molar-refractivity contribution >= 4 is 58.0 Å². The van der Waals surface area contributed by atoms with Gasteiger partial charge in [0, 0.05) is 10.6 Å². The highest BCUT2D eigenvalue weighted by Crippen LogP contribution is 2.30. The largest absolute Gasteiger partial charge is 0.490 e. The summed E-state index contributed by atoms with van der Waals surface area (Å²) >= 11 is 12.0. The van der Waals surface area contributed by atoms with E-state index in [9.17, 15) is 14.4 Å². The van der Waals surface area contributed by atoms with Crippen molar-refractivity contribution in [3.63, 3.8) is 0 Å². The summed E-state index contributed by atoms with van der Waals surface area (Å²) in [6, 6.07) is 22.2. The van der Waals surface area contributed by atoms with E-state index in [1.165, 1.54) is 24.4 Å². The van der Waals surface area contributed by atoms with E-state index in [1.54, 1.807) is 37.3 Å². The molecule has 0 aliphatic carbocycles. The van der Waals surface area contributed by atoms with Crippen LogP contribution < -0.4 is 20.2 Å². The van der Waals surface area contributed by atoms with Crippen molar-refractivity contribution in [2.24, 2.45) is 5.10 Å². The van der Waals surface area contributed by atoms with E-state index in [0.717, 1.165) is 10.8 Å². The van der Waals surface area contributed by atoms with E-state index in [4.69, 9.17) is 32.7 Å². The van der Waals surface area contributed by atoms with Crippen LogP contribution in [0.5, 0.6) is 11.5 Å². The number of hydrogen-bond donors (Lipinski definition) is 2. The van der Waals surface area contributed by atoms with Gasteiger partial charge < -0.3 is 14.8 Å². The lowest BCUT2D eigenvalue weighted by atomic mass is 10.0. The van der Waals surface area contributed by atoms with Gasteiger partial charge in [-0.05, 0) is 65.7 Å². The number of amides is 2. The number of esters is 1. The lowest BCUT2D eigenvalue weighted by molar-refractivity contribution is -0.120. The highest BCUT2D eigenvalue weighted by Gasteiger charge is 2.16. The third kappa shape index (κ3) is 7.13. The molecule has 0 bridgehead atoms. The molecule has 0 radical (unpaired) electrons. The topological polar surface area (TPSA) is 106 Å². The molecule has 4 aromatic rings. The predicted molar refractivity (Wildman–Crippen MR) is 151 cm³/mol. The molecule has 39 heavy (non-hydrogen) atoms. The molecule has 0 atom stereocenters. The SMILES string of the molecule is CCOc1cc(/C=N/NC(=O)CNC(=O)c2cccc3ccccc23)ccc1OC(=O)c1ccc(Cl)cc1Cl. The van der Waals surface area contributed by atoms with Crippen molar-refractivity contribution < 1.29 is 23.9 Å². The molecule has 0 heterocycles. The minimum atomic E-state index is -0.670. The quantitative estimate of drug-likeness (QED) is 0.118. The summed E-state index contributed by atoms with van der Waals surface area (Å²) in [6.45, 7) is 1.85. The summed E-state index contributed by atoms with van der Waals surface area (Å²) in [5.74, 6) is -1.05. The molecule has 2 N–H and O–H groups in total. The molecule has 8 nitrogen and oxygen atoms in total. The van der Waals surface area contributed by atoms with Crippen LogP contribution >= 0.6 is 23.2 Å². The Hall–Kier alpha value is -4.40. The summed E-state index contributed by atoms with van der Waals surface area (Å²) in [6.07, 6.45) is 1.40. The first kappa shape index (κ1) is 27.6. The molecule has 0 spiro atoms. The maximum Gasteiger partial charge on any atom is 0.345 e. The number of rotatable bonds is 9. The fourth-order valence-corrected chi connectivity index (χ4v) is 4.15. The standard InChI is InChI=1S/C29H23Cl2N3O5/c1-2-38-26-14-18(10-13-25(26)39-29(37)23-12-11-20(30)15-24(23)31)16-33-34-27(35)17-32-28(36)22-9-5-7-19-6-3-4-8-21(19)22/h3-16H,2,17H2,1H3,(H,32,36)(H,34,35)/b33-16+. The summed E-state index contributed by atoms with van der Waals surface area (Å²) < 4.78 is 11.1. The molecule has 10 heteroatoms. The van der Waals surface area contributed by atoms with Gasteiger partial charge in [0.2, 0.25) is 0 Å². The van der Waals surface area contributed by atoms with Gasteiger partial charge in [-0.3, -0.25) is 9.59 Å². The summed E-state index contributed by atoms with van der Waals surface area (Å²) in [5, 5.41) is 8.82. The molecular formula is C29H23Cl2N3O5. The Kier molecular flexibility index (Phi) is 9.14. The van der Waals surface area contributed by atoms with E-state index in [1.807, 2.05) is 30.3 Å². The lowest BCUT2D eigenvalue weighted by Crippen LogP contribution is -2.35. The van der Waals surface area contributed by atoms with E-state index in [-0.39, 0.29) is 28.8 Å². The lowest BCUT2D eigenvalue weighted by Gasteiger charge is -2.12. The second kappa shape index (κ2) is 12.9. The Bertz CT molecular complexity index is 1570. The smallest absolute Gasteiger partial charge is 0.345 e. The van der Waals surface area contributed by atoms with Crippen LogP contribution in [0.1, 0.15) is 33.2 Å². The molecule has 0 aliphatic heterocycles. The third-order valence-corrected chi connectivity index (χ3v) is 6.02. The first-order chi connectivity index (χ1) is 18.9. The first-order valence-electron chi connectivity index (χ1n) is 11.9. The molecule has 4 rings (SSSR count). The molecule has 0 fully saturated rings. The second-order valence-corrected chi connectivity index (χ2v) is 9.00. The van der Waals surface area contributed by atoms with Crippen LogP contribution in [-0.4, -0.2) is 37.1 Å². The van der Waals surface area contributed by atoms with Gasteiger partial charge in [-0.1, -0.05) is 59.6 Å². The van der Waals surface area contributed by atoms with E-state index < -0.39 is 11.9 Å². The van der Waals surface area contributed by atoms with Crippen LogP contribution in [0.15, 0.2) is 84.0 Å². The zero-order valence-electron chi connectivity index (χ0n) is 20.7. The molecule has 0 unspecified atom stereocenters. The number of hydrazone groups is 1. The van der Waals surface area contributed by atoms with Crippen molar-refractivity contribution in [2.75, 3.05) is 13.2 Å². The molecule has 2 amide bonds. The normalized spacial score (nSPS) is 10.8. The van der Waals surface area contributed by atoms with Crippen molar-refractivity contribution in [2.45, 2.75) is 6.92 Å². The monoisotopic (exact) mass is 563 g/mol. The molecule has 0 saturated heterocycles. The number of hydrogen-bond acceptors (Lipinski definition) is 6. The van der Waals surface area contributed by atoms with Gasteiger partial charge in [0.1, 0.15) is 0 Å². The van der Waals surface area contributed by atoms with E-state index >= 15 is 0 Å². The molecule has 198 valence electrons. The Balaban J connectivity index is 1.35. The molecule has 0 aromatic heterocycles. The Morgan fingerprint density at radius 3 is 2.49 bits per heavy atom. The van der Waals surface area contributed by atoms with E-state index in [0.29, 0.717) is 28.5 Å². The molecular weight excluding hydrogens is 541 g/mol. The third-order valence-electron chi connectivity index (χ3n) is 5.47. The van der Waals surface area contributed by atoms with Gasteiger partial charge in [-0.25, -0.2) is 10.2 Å². The highest BCUT2D eigenvalue weighted by molar-refractivity contribution is 6.36. The van der Waals surface area contributed by atoms with Crippen LogP contribution in [-0.2, 0) is 4.79 Å². The maximum absolute atomic E-state index is 12.6. The first-order valence-corrected chi connectivity index (χ1v) is 12.6. The number of benzene rings is 4. The van der Waals surface area contributed by atoms with Crippen LogP contribution in [0, 0.1) is 0 Å². The van der Waals surface area contributed by atoms with E-state index in [2.05, 4.69) is 15.8 Å². The fraction of sp³-hybridized carbons (Fsp3) is 0.103. The zero-order valence-corrected chi connectivity index (χ0v) is 22.3. The summed E-state index contributed by atoms with van der Waals surface area (Å²) in [4.78, 5) is 37.4. The van der Waals surface area contributed by atoms with Gasteiger partial charge in [0.05, 0.1) is 30.0 Å². The van der Waals surface area contributed by atoms with Gasteiger partial charge in [-0.15, -0.1) is 0 Å². The number of ether oxygens (including phenoxy) is 2. The Morgan fingerprint density at radius 2 is 1.69 bits per heavy atom. The number of carbonyl (C=O) groups is 3. The molecule has 4 aromatic carbocycles. The van der Waals surface area contributed by atoms with Gasteiger partial charge in [0.15, 0.2) is 11.5 Å². The number of fused-ring (bicyclic) bond motifs is 1. The zero-order chi connectivity index (χ0) is 27.8. The molecule has 0 aliphatic rings. The van der Waals surface area contributed by atoms with Crippen molar-refractivity contribution in [1.29, 1.82) is 0 Å². The van der Waals surface area contributed by atoms with Gasteiger partial charge >= 0.3 is 5.97 Å². The Morgan fingerprint density at radius 1 is 0.897 bits per heavy atom. The summed E-state index contributed by atoms with van der Waals surface area (Å²) in [7, 11) is 0. The average Bonchev–Trinajstić information content (AvgIpc) is 2.92. The van der Waals surface area contributed by atoms with Crippen molar-refractivity contribution in [3.8, 4) is 11.5 Å². The molecule has 0 saturated carbocycles. The minimum Gasteiger partial charge on any atom is -0.490 e. The van der Waals surface area contributed by atoms with Crippen molar-refractivity contribution in [1.82, 2.24) is 10.7 Å². The number of nitrogens with one attached hydrogen (secondary N) is 2. The van der Waals surface area contributed by atoms with Crippen LogP contribution in [0.2, 0.25) is 10.0 Å². The summed E-state index contributed by atoms with van der Waals surface area (Å²) in [5.41, 5.74) is 3.58. The predicted octanol–water partition coefficient (Wildman–Crippen LogP) is 5.64. The van der Waals surface area contributed by atoms with Crippen LogP contribution in [0.3, 0.4) is 0 Å². The highest BCUT2D eigenvalue weighted by atomic mass is 35.5. The van der Waals surface area contributed by atoms with Crippen LogP contribution in [0.4, 0.5) is 0 Å². The number of halogens is 2. The van der Waals surface area contributed by atoms with Gasteiger partial charge in [-0.2, -0.15) is 5.10 Å². The number of nitrogens with zero attached hydrogens (tertiary/aromatic N) is 1. The van der Waals surface area contributed by atoms with Crippen molar-refractivity contribution in [3.05, 3.63) is 106 Å². The fourth-order valence-electron chi connectivity index (χ4n) is 3.66. The minimum absolute atomic E-state index is 0.157. The average molecular weight is 564 g/mol. The second-order valence-electron chi connectivity index (χ2n) is 8.16.